The van der Waals surface area contributed by atoms with Gasteiger partial charge in [0, 0.05) is 26.8 Å². The number of rotatable bonds is 5. The lowest BCUT2D eigenvalue weighted by Crippen LogP contribution is -2.21. The average molecular weight is 287 g/mol. The summed E-state index contributed by atoms with van der Waals surface area (Å²) in [7, 11) is 3.41. The molecule has 0 fully saturated rings. The second-order valence-electron chi connectivity index (χ2n) is 4.93. The van der Waals surface area contributed by atoms with E-state index in [1.165, 1.54) is 17.0 Å². The average Bonchev–Trinajstić information content (AvgIpc) is 2.49. The molecular formula is C16H18FN3O. The van der Waals surface area contributed by atoms with E-state index in [-0.39, 0.29) is 11.7 Å². The molecule has 0 unspecified atom stereocenters. The van der Waals surface area contributed by atoms with Gasteiger partial charge in [-0.15, -0.1) is 0 Å². The first-order valence-corrected chi connectivity index (χ1v) is 6.72. The van der Waals surface area contributed by atoms with Crippen molar-refractivity contribution in [2.75, 3.05) is 26.0 Å². The second kappa shape index (κ2) is 6.83. The van der Waals surface area contributed by atoms with Crippen LogP contribution in [0, 0.1) is 5.82 Å². The number of nitrogens with one attached hydrogen (secondary N) is 1. The zero-order valence-electron chi connectivity index (χ0n) is 12.1. The van der Waals surface area contributed by atoms with Crippen molar-refractivity contribution in [3.05, 3.63) is 59.5 Å². The molecule has 0 saturated heterocycles. The van der Waals surface area contributed by atoms with Gasteiger partial charge < -0.3 is 10.2 Å². The third-order valence-electron chi connectivity index (χ3n) is 3.05. The van der Waals surface area contributed by atoms with Gasteiger partial charge >= 0.3 is 0 Å². The number of anilines is 1. The van der Waals surface area contributed by atoms with Crippen LogP contribution in [0.5, 0.6) is 0 Å². The molecule has 21 heavy (non-hydrogen) atoms. The summed E-state index contributed by atoms with van der Waals surface area (Å²) in [6.07, 6.45) is 2.34. The van der Waals surface area contributed by atoms with E-state index in [1.807, 2.05) is 0 Å². The van der Waals surface area contributed by atoms with Gasteiger partial charge in [-0.05, 0) is 36.2 Å². The topological polar surface area (TPSA) is 45.2 Å². The fraction of sp³-hybridized carbons (Fsp3) is 0.250. The normalized spacial score (nSPS) is 10.2. The fourth-order valence-electron chi connectivity index (χ4n) is 1.87. The Balaban J connectivity index is 1.86. The van der Waals surface area contributed by atoms with Crippen LogP contribution in [0.2, 0.25) is 0 Å². The summed E-state index contributed by atoms with van der Waals surface area (Å²) in [5, 5.41) is 3.17. The molecule has 110 valence electrons. The lowest BCUT2D eigenvalue weighted by molar-refractivity contribution is 0.0827. The maximum Gasteiger partial charge on any atom is 0.254 e. The standard InChI is InChI=1S/C16H18FN3O/c1-20(2)16(21)13-5-8-15(19-11-13)18-10-9-12-3-6-14(17)7-4-12/h3-8,11H,9-10H2,1-2H3,(H,18,19). The van der Waals surface area contributed by atoms with Crippen molar-refractivity contribution in [3.8, 4) is 0 Å². The zero-order valence-corrected chi connectivity index (χ0v) is 12.1. The predicted octanol–water partition coefficient (Wildman–Crippen LogP) is 2.58. The number of hydrogen-bond donors (Lipinski definition) is 1. The van der Waals surface area contributed by atoms with Crippen molar-refractivity contribution in [3.63, 3.8) is 0 Å². The third-order valence-corrected chi connectivity index (χ3v) is 3.05. The Morgan fingerprint density at radius 3 is 2.48 bits per heavy atom. The van der Waals surface area contributed by atoms with Gasteiger partial charge in [0.05, 0.1) is 5.56 Å². The minimum Gasteiger partial charge on any atom is -0.370 e. The summed E-state index contributed by atoms with van der Waals surface area (Å²) < 4.78 is 12.8. The highest BCUT2D eigenvalue weighted by Gasteiger charge is 2.07. The molecule has 0 aliphatic heterocycles. The van der Waals surface area contributed by atoms with Crippen molar-refractivity contribution in [1.29, 1.82) is 0 Å². The van der Waals surface area contributed by atoms with Crippen molar-refractivity contribution in [2.24, 2.45) is 0 Å². The van der Waals surface area contributed by atoms with E-state index in [9.17, 15) is 9.18 Å². The molecule has 2 rings (SSSR count). The van der Waals surface area contributed by atoms with Crippen LogP contribution in [-0.4, -0.2) is 36.4 Å². The molecule has 0 saturated carbocycles. The maximum absolute atomic E-state index is 12.8. The van der Waals surface area contributed by atoms with E-state index < -0.39 is 0 Å². The van der Waals surface area contributed by atoms with Gasteiger partial charge in [-0.1, -0.05) is 12.1 Å². The van der Waals surface area contributed by atoms with Gasteiger partial charge in [-0.3, -0.25) is 4.79 Å². The van der Waals surface area contributed by atoms with E-state index in [4.69, 9.17) is 0 Å². The first-order valence-electron chi connectivity index (χ1n) is 6.72. The van der Waals surface area contributed by atoms with Gasteiger partial charge in [0.1, 0.15) is 11.6 Å². The SMILES string of the molecule is CN(C)C(=O)c1ccc(NCCc2ccc(F)cc2)nc1. The van der Waals surface area contributed by atoms with Crippen molar-refractivity contribution >= 4 is 11.7 Å². The number of carbonyl (C=O) groups excluding carboxylic acids is 1. The summed E-state index contributed by atoms with van der Waals surface area (Å²) in [5.74, 6) is 0.419. The number of pyridine rings is 1. The molecule has 4 nitrogen and oxygen atoms in total. The summed E-state index contributed by atoms with van der Waals surface area (Å²) in [4.78, 5) is 17.4. The Bertz CT molecular complexity index is 594. The molecule has 0 radical (unpaired) electrons. The zero-order chi connectivity index (χ0) is 15.2. The van der Waals surface area contributed by atoms with Crippen LogP contribution in [0.25, 0.3) is 0 Å². The molecule has 1 amide bonds. The van der Waals surface area contributed by atoms with Crippen LogP contribution >= 0.6 is 0 Å². The third kappa shape index (κ3) is 4.27. The van der Waals surface area contributed by atoms with E-state index >= 15 is 0 Å². The van der Waals surface area contributed by atoms with Gasteiger partial charge in [-0.2, -0.15) is 0 Å². The fourth-order valence-corrected chi connectivity index (χ4v) is 1.87. The van der Waals surface area contributed by atoms with E-state index in [0.29, 0.717) is 17.9 Å². The predicted molar refractivity (Wildman–Crippen MR) is 80.8 cm³/mol. The Morgan fingerprint density at radius 1 is 1.19 bits per heavy atom. The van der Waals surface area contributed by atoms with Crippen molar-refractivity contribution < 1.29 is 9.18 Å². The number of amides is 1. The van der Waals surface area contributed by atoms with Crippen LogP contribution in [0.4, 0.5) is 10.2 Å². The van der Waals surface area contributed by atoms with E-state index in [2.05, 4.69) is 10.3 Å². The second-order valence-corrected chi connectivity index (χ2v) is 4.93. The minimum absolute atomic E-state index is 0.0691. The van der Waals surface area contributed by atoms with E-state index in [1.54, 1.807) is 44.6 Å². The highest BCUT2D eigenvalue weighted by atomic mass is 19.1. The molecule has 0 spiro atoms. The molecule has 1 heterocycles. The van der Waals surface area contributed by atoms with Crippen LogP contribution < -0.4 is 5.32 Å². The quantitative estimate of drug-likeness (QED) is 0.919. The molecule has 2 aromatic rings. The number of halogens is 1. The number of hydrogen-bond acceptors (Lipinski definition) is 3. The summed E-state index contributed by atoms with van der Waals surface area (Å²) in [6, 6.07) is 9.97. The molecule has 1 aromatic carbocycles. The molecule has 1 N–H and O–H groups in total. The highest BCUT2D eigenvalue weighted by molar-refractivity contribution is 5.93. The molecule has 5 heteroatoms. The number of carbonyl (C=O) groups is 1. The Morgan fingerprint density at radius 2 is 1.90 bits per heavy atom. The van der Waals surface area contributed by atoms with Gasteiger partial charge in [0.25, 0.3) is 5.91 Å². The molecular weight excluding hydrogens is 269 g/mol. The lowest BCUT2D eigenvalue weighted by Gasteiger charge is -2.10. The highest BCUT2D eigenvalue weighted by Crippen LogP contribution is 2.08. The minimum atomic E-state index is -0.227. The molecule has 1 aromatic heterocycles. The van der Waals surface area contributed by atoms with E-state index in [0.717, 1.165) is 12.0 Å². The number of aromatic nitrogens is 1. The summed E-state index contributed by atoms with van der Waals surface area (Å²) in [6.45, 7) is 0.694. The molecule has 0 aliphatic carbocycles. The lowest BCUT2D eigenvalue weighted by atomic mass is 10.1. The largest absolute Gasteiger partial charge is 0.370 e. The van der Waals surface area contributed by atoms with Crippen molar-refractivity contribution in [1.82, 2.24) is 9.88 Å². The smallest absolute Gasteiger partial charge is 0.254 e. The Kier molecular flexibility index (Phi) is 4.87. The first-order chi connectivity index (χ1) is 10.1. The molecule has 0 aliphatic rings. The Hall–Kier alpha value is -2.43. The summed E-state index contributed by atoms with van der Waals surface area (Å²) >= 11 is 0. The first kappa shape index (κ1) is 15.0. The van der Waals surface area contributed by atoms with Gasteiger partial charge in [-0.25, -0.2) is 9.37 Å². The van der Waals surface area contributed by atoms with Gasteiger partial charge in [0.2, 0.25) is 0 Å². The molecule has 0 bridgehead atoms. The number of nitrogens with zero attached hydrogens (tertiary/aromatic N) is 2. The van der Waals surface area contributed by atoms with Crippen LogP contribution in [0.1, 0.15) is 15.9 Å². The van der Waals surface area contributed by atoms with Crippen LogP contribution in [0.3, 0.4) is 0 Å². The van der Waals surface area contributed by atoms with Gasteiger partial charge in [0.15, 0.2) is 0 Å². The molecule has 0 atom stereocenters. The van der Waals surface area contributed by atoms with Crippen molar-refractivity contribution in [2.45, 2.75) is 6.42 Å². The van der Waals surface area contributed by atoms with Crippen LogP contribution in [-0.2, 0) is 6.42 Å². The maximum atomic E-state index is 12.8. The van der Waals surface area contributed by atoms with Crippen LogP contribution in [0.15, 0.2) is 42.6 Å². The summed E-state index contributed by atoms with van der Waals surface area (Å²) in [5.41, 5.74) is 1.62. The number of benzene rings is 1. The Labute approximate surface area is 123 Å². The monoisotopic (exact) mass is 287 g/mol.